The highest BCUT2D eigenvalue weighted by Gasteiger charge is 2.32. The molecule has 1 saturated heterocycles. The Balaban J connectivity index is 1.63. The normalized spacial score (nSPS) is 14.1. The van der Waals surface area contributed by atoms with E-state index in [1.807, 2.05) is 6.92 Å². The molecule has 0 aliphatic carbocycles. The molecule has 1 aromatic carbocycles. The summed E-state index contributed by atoms with van der Waals surface area (Å²) < 4.78 is 11.9. The van der Waals surface area contributed by atoms with Crippen molar-refractivity contribution in [2.75, 3.05) is 27.3 Å². The van der Waals surface area contributed by atoms with E-state index >= 15 is 0 Å². The van der Waals surface area contributed by atoms with Crippen LogP contribution < -0.4 is 15.0 Å². The van der Waals surface area contributed by atoms with Gasteiger partial charge in [-0.05, 0) is 31.2 Å². The van der Waals surface area contributed by atoms with Gasteiger partial charge in [0, 0.05) is 30.6 Å². The monoisotopic (exact) mass is 343 g/mol. The van der Waals surface area contributed by atoms with Crippen molar-refractivity contribution in [2.24, 2.45) is 5.92 Å². The minimum absolute atomic E-state index is 0.0539. The second-order valence-electron chi connectivity index (χ2n) is 6.14. The highest BCUT2D eigenvalue weighted by molar-refractivity contribution is 5.95. The number of benzene rings is 1. The van der Waals surface area contributed by atoms with Crippen molar-refractivity contribution in [1.29, 1.82) is 0 Å². The lowest BCUT2D eigenvalue weighted by molar-refractivity contribution is 0.0457. The van der Waals surface area contributed by atoms with Crippen LogP contribution in [0.4, 0.5) is 0 Å². The number of hydrogen-bond acceptors (Lipinski definition) is 5. The van der Waals surface area contributed by atoms with E-state index in [2.05, 4.69) is 5.10 Å². The SMILES string of the molecule is COc1ccc(C(=O)N2CC(Cn3nc(C)ccc3=O)C2)cc1OC. The van der Waals surface area contributed by atoms with Crippen LogP contribution in [0.25, 0.3) is 0 Å². The maximum absolute atomic E-state index is 12.6. The van der Waals surface area contributed by atoms with Gasteiger partial charge in [0.05, 0.1) is 26.5 Å². The maximum Gasteiger partial charge on any atom is 0.266 e. The third-order valence-electron chi connectivity index (χ3n) is 4.31. The Bertz CT molecular complexity index is 840. The Labute approximate surface area is 145 Å². The molecule has 7 heteroatoms. The largest absolute Gasteiger partial charge is 0.493 e. The number of hydrogen-bond donors (Lipinski definition) is 0. The molecule has 1 amide bonds. The molecule has 25 heavy (non-hydrogen) atoms. The summed E-state index contributed by atoms with van der Waals surface area (Å²) in [5.74, 6) is 1.30. The van der Waals surface area contributed by atoms with Crippen molar-refractivity contribution in [3.05, 3.63) is 51.9 Å². The zero-order valence-electron chi connectivity index (χ0n) is 14.6. The summed E-state index contributed by atoms with van der Waals surface area (Å²) in [5.41, 5.74) is 1.24. The topological polar surface area (TPSA) is 73.7 Å². The van der Waals surface area contributed by atoms with E-state index < -0.39 is 0 Å². The Morgan fingerprint density at radius 3 is 2.56 bits per heavy atom. The van der Waals surface area contributed by atoms with E-state index in [1.54, 1.807) is 43.4 Å². The van der Waals surface area contributed by atoms with E-state index in [0.29, 0.717) is 36.7 Å². The van der Waals surface area contributed by atoms with Crippen LogP contribution in [0.2, 0.25) is 0 Å². The molecule has 2 aromatic rings. The minimum Gasteiger partial charge on any atom is -0.493 e. The van der Waals surface area contributed by atoms with Gasteiger partial charge in [-0.15, -0.1) is 0 Å². The number of nitrogens with zero attached hydrogens (tertiary/aromatic N) is 3. The fraction of sp³-hybridized carbons (Fsp3) is 0.389. The molecule has 3 rings (SSSR count). The maximum atomic E-state index is 12.6. The molecule has 1 fully saturated rings. The van der Waals surface area contributed by atoms with Crippen LogP contribution in [0.5, 0.6) is 11.5 Å². The van der Waals surface area contributed by atoms with Crippen molar-refractivity contribution < 1.29 is 14.3 Å². The molecule has 0 spiro atoms. The first-order chi connectivity index (χ1) is 12.0. The van der Waals surface area contributed by atoms with Crippen LogP contribution in [0.15, 0.2) is 35.1 Å². The molecule has 0 saturated carbocycles. The van der Waals surface area contributed by atoms with Gasteiger partial charge in [-0.3, -0.25) is 9.59 Å². The third kappa shape index (κ3) is 3.50. The molecule has 0 N–H and O–H groups in total. The summed E-state index contributed by atoms with van der Waals surface area (Å²) in [6.45, 7) is 3.59. The second-order valence-corrected chi connectivity index (χ2v) is 6.14. The van der Waals surface area contributed by atoms with Crippen molar-refractivity contribution in [2.45, 2.75) is 13.5 Å². The van der Waals surface area contributed by atoms with E-state index in [9.17, 15) is 9.59 Å². The zero-order chi connectivity index (χ0) is 18.0. The molecule has 0 radical (unpaired) electrons. The Hall–Kier alpha value is -2.83. The third-order valence-corrected chi connectivity index (χ3v) is 4.31. The first-order valence-electron chi connectivity index (χ1n) is 8.08. The Kier molecular flexibility index (Phi) is 4.74. The summed E-state index contributed by atoms with van der Waals surface area (Å²) in [6, 6.07) is 8.35. The molecule has 2 heterocycles. The number of ether oxygens (including phenoxy) is 2. The fourth-order valence-corrected chi connectivity index (χ4v) is 2.93. The molecular formula is C18H21N3O4. The lowest BCUT2D eigenvalue weighted by Crippen LogP contribution is -2.52. The molecule has 0 atom stereocenters. The van der Waals surface area contributed by atoms with E-state index in [1.165, 1.54) is 10.7 Å². The average Bonchev–Trinajstić information content (AvgIpc) is 2.59. The summed E-state index contributed by atoms with van der Waals surface area (Å²) >= 11 is 0. The van der Waals surface area contributed by atoms with Crippen LogP contribution in [0, 0.1) is 12.8 Å². The number of aromatic nitrogens is 2. The lowest BCUT2D eigenvalue weighted by Gasteiger charge is -2.39. The zero-order valence-corrected chi connectivity index (χ0v) is 14.6. The minimum atomic E-state index is -0.115. The quantitative estimate of drug-likeness (QED) is 0.819. The highest BCUT2D eigenvalue weighted by Crippen LogP contribution is 2.29. The van der Waals surface area contributed by atoms with Gasteiger partial charge < -0.3 is 14.4 Å². The van der Waals surface area contributed by atoms with E-state index in [0.717, 1.165) is 5.69 Å². The lowest BCUT2D eigenvalue weighted by atomic mass is 9.98. The molecule has 1 aromatic heterocycles. The van der Waals surface area contributed by atoms with E-state index in [-0.39, 0.29) is 17.4 Å². The summed E-state index contributed by atoms with van der Waals surface area (Å²) in [5, 5.41) is 4.23. The average molecular weight is 343 g/mol. The van der Waals surface area contributed by atoms with Crippen molar-refractivity contribution in [3.63, 3.8) is 0 Å². The standard InChI is InChI=1S/C18H21N3O4/c1-12-4-7-17(22)21(19-12)11-13-9-20(10-13)18(23)14-5-6-15(24-2)16(8-14)25-3/h4-8,13H,9-11H2,1-3H3. The smallest absolute Gasteiger partial charge is 0.266 e. The fourth-order valence-electron chi connectivity index (χ4n) is 2.93. The van der Waals surface area contributed by atoms with Gasteiger partial charge >= 0.3 is 0 Å². The number of rotatable bonds is 5. The molecule has 1 aliphatic rings. The van der Waals surface area contributed by atoms with Gasteiger partial charge in [0.1, 0.15) is 0 Å². The van der Waals surface area contributed by atoms with Crippen LogP contribution in [-0.2, 0) is 6.54 Å². The van der Waals surface area contributed by atoms with Crippen molar-refractivity contribution in [3.8, 4) is 11.5 Å². The van der Waals surface area contributed by atoms with Crippen LogP contribution >= 0.6 is 0 Å². The van der Waals surface area contributed by atoms with Gasteiger partial charge in [-0.1, -0.05) is 0 Å². The number of amides is 1. The van der Waals surface area contributed by atoms with Gasteiger partial charge in [0.25, 0.3) is 11.5 Å². The molecule has 0 bridgehead atoms. The van der Waals surface area contributed by atoms with Gasteiger partial charge in [-0.25, -0.2) is 4.68 Å². The summed E-state index contributed by atoms with van der Waals surface area (Å²) in [7, 11) is 3.10. The van der Waals surface area contributed by atoms with E-state index in [4.69, 9.17) is 9.47 Å². The van der Waals surface area contributed by atoms with Crippen LogP contribution in [0.3, 0.4) is 0 Å². The predicted octanol–water partition coefficient (Wildman–Crippen LogP) is 1.34. The van der Waals surface area contributed by atoms with Crippen LogP contribution in [-0.4, -0.2) is 47.9 Å². The number of carbonyl (C=O) groups excluding carboxylic acids is 1. The first kappa shape index (κ1) is 17.0. The molecule has 1 aliphatic heterocycles. The number of aryl methyl sites for hydroxylation is 1. The van der Waals surface area contributed by atoms with Gasteiger partial charge in [0.15, 0.2) is 11.5 Å². The highest BCUT2D eigenvalue weighted by atomic mass is 16.5. The molecule has 0 unspecified atom stereocenters. The van der Waals surface area contributed by atoms with Crippen molar-refractivity contribution in [1.82, 2.24) is 14.7 Å². The molecule has 132 valence electrons. The van der Waals surface area contributed by atoms with Gasteiger partial charge in [-0.2, -0.15) is 5.10 Å². The second kappa shape index (κ2) is 6.96. The summed E-state index contributed by atoms with van der Waals surface area (Å²) in [4.78, 5) is 26.1. The number of methoxy groups -OCH3 is 2. The Morgan fingerprint density at radius 1 is 1.16 bits per heavy atom. The van der Waals surface area contributed by atoms with Gasteiger partial charge in [0.2, 0.25) is 0 Å². The molecule has 7 nitrogen and oxygen atoms in total. The molecular weight excluding hydrogens is 322 g/mol. The first-order valence-corrected chi connectivity index (χ1v) is 8.08. The van der Waals surface area contributed by atoms with Crippen LogP contribution in [0.1, 0.15) is 16.1 Å². The Morgan fingerprint density at radius 2 is 1.88 bits per heavy atom. The number of carbonyl (C=O) groups is 1. The van der Waals surface area contributed by atoms with Crippen molar-refractivity contribution >= 4 is 5.91 Å². The summed E-state index contributed by atoms with van der Waals surface area (Å²) in [6.07, 6.45) is 0. The number of likely N-dealkylation sites (tertiary alicyclic amines) is 1. The predicted molar refractivity (Wildman–Crippen MR) is 92.2 cm³/mol.